The Morgan fingerprint density at radius 3 is 2.53 bits per heavy atom. The maximum absolute atomic E-state index is 12.7. The fraction of sp³-hybridized carbons (Fsp3) is 0.429. The zero-order chi connectivity index (χ0) is 11.1. The zero-order valence-corrected chi connectivity index (χ0v) is 10.5. The quantitative estimate of drug-likeness (QED) is 0.785. The molecule has 0 amide bonds. The van der Waals surface area contributed by atoms with Crippen molar-refractivity contribution < 1.29 is 21.8 Å². The van der Waals surface area contributed by atoms with Gasteiger partial charge in [-0.1, -0.05) is 3.89 Å². The average molecular weight is 317 g/mol. The number of ether oxygens (including phenoxy) is 2. The van der Waals surface area contributed by atoms with Gasteiger partial charge in [0.15, 0.2) is 10.5 Å². The normalized spacial score (nSPS) is 18.5. The summed E-state index contributed by atoms with van der Waals surface area (Å²) in [6.45, 7) is 0.902. The Morgan fingerprint density at radius 1 is 1.47 bits per heavy atom. The number of hydrogen-bond donors (Lipinski definition) is 0. The lowest BCUT2D eigenvalue weighted by Crippen LogP contribution is -1.94. The third kappa shape index (κ3) is 2.39. The van der Waals surface area contributed by atoms with Gasteiger partial charge in [-0.15, -0.1) is 11.3 Å². The van der Waals surface area contributed by atoms with Gasteiger partial charge in [-0.25, -0.2) is 0 Å². The molecule has 8 heteroatoms. The molecule has 1 saturated heterocycles. The summed E-state index contributed by atoms with van der Waals surface area (Å²) in [5.41, 5.74) is 0. The molecule has 0 unspecified atom stereocenters. The molecule has 2 rings (SSSR count). The first-order valence-corrected chi connectivity index (χ1v) is 6.95. The molecule has 0 radical (unpaired) electrons. The van der Waals surface area contributed by atoms with Gasteiger partial charge in [-0.05, 0) is 22.0 Å². The summed E-state index contributed by atoms with van der Waals surface area (Å²) in [5.74, 6) is 0. The van der Waals surface area contributed by atoms with Crippen molar-refractivity contribution >= 4 is 37.5 Å². The molecule has 1 aliphatic heterocycles. The average Bonchev–Trinajstić information content (AvgIpc) is 2.69. The van der Waals surface area contributed by atoms with Crippen molar-refractivity contribution in [2.75, 3.05) is 13.2 Å². The molecule has 4 nitrogen and oxygen atoms in total. The van der Waals surface area contributed by atoms with E-state index in [9.17, 15) is 12.3 Å². The Labute approximate surface area is 98.3 Å². The van der Waals surface area contributed by atoms with E-state index in [0.717, 1.165) is 11.3 Å². The Balaban J connectivity index is 2.37. The molecule has 1 fully saturated rings. The van der Waals surface area contributed by atoms with E-state index in [1.165, 1.54) is 6.07 Å². The Bertz CT molecular complexity index is 463. The standard InChI is InChI=1S/C7H6BrFO4S2/c8-4-3-5(15(9,10)11)14-6(4)7-12-1-2-13-7/h3,7H,1-2H2. The molecule has 0 saturated carbocycles. The van der Waals surface area contributed by atoms with Gasteiger partial charge in [0.05, 0.1) is 18.1 Å². The molecule has 0 aliphatic carbocycles. The second kappa shape index (κ2) is 4.10. The van der Waals surface area contributed by atoms with E-state index in [4.69, 9.17) is 9.47 Å². The van der Waals surface area contributed by atoms with Gasteiger partial charge in [-0.2, -0.15) is 8.42 Å². The maximum atomic E-state index is 12.7. The Hall–Kier alpha value is -0.0200. The van der Waals surface area contributed by atoms with E-state index in [-0.39, 0.29) is 4.21 Å². The van der Waals surface area contributed by atoms with Crippen molar-refractivity contribution in [1.82, 2.24) is 0 Å². The molecule has 0 N–H and O–H groups in total. The van der Waals surface area contributed by atoms with Gasteiger partial charge in [-0.3, -0.25) is 0 Å². The largest absolute Gasteiger partial charge is 0.345 e. The summed E-state index contributed by atoms with van der Waals surface area (Å²) in [7, 11) is -4.66. The summed E-state index contributed by atoms with van der Waals surface area (Å²) < 4.78 is 44.5. The molecule has 0 aromatic carbocycles. The van der Waals surface area contributed by atoms with E-state index in [1.54, 1.807) is 0 Å². The first-order chi connectivity index (χ1) is 6.98. The van der Waals surface area contributed by atoms with Crippen molar-refractivity contribution in [3.05, 3.63) is 15.4 Å². The maximum Gasteiger partial charge on any atom is 0.341 e. The highest BCUT2D eigenvalue weighted by molar-refractivity contribution is 9.10. The van der Waals surface area contributed by atoms with E-state index in [2.05, 4.69) is 15.9 Å². The summed E-state index contributed by atoms with van der Waals surface area (Å²) in [6.07, 6.45) is -0.597. The van der Waals surface area contributed by atoms with Crippen LogP contribution in [0.15, 0.2) is 14.7 Å². The molecule has 0 spiro atoms. The second-order valence-corrected chi connectivity index (χ2v) is 6.30. The molecule has 0 atom stereocenters. The minimum absolute atomic E-state index is 0.344. The molecule has 1 aromatic rings. The van der Waals surface area contributed by atoms with Gasteiger partial charge < -0.3 is 9.47 Å². The van der Waals surface area contributed by atoms with Crippen LogP contribution in [-0.4, -0.2) is 21.6 Å². The summed E-state index contributed by atoms with van der Waals surface area (Å²) >= 11 is 3.94. The first-order valence-electron chi connectivity index (χ1n) is 3.95. The fourth-order valence-corrected chi connectivity index (χ4v) is 3.82. The van der Waals surface area contributed by atoms with Crippen LogP contribution < -0.4 is 0 Å². The summed E-state index contributed by atoms with van der Waals surface area (Å²) in [6, 6.07) is 1.21. The SMILES string of the molecule is O=S(=O)(F)c1cc(Br)c(C2OCCO2)s1. The van der Waals surface area contributed by atoms with Gasteiger partial charge in [0, 0.05) is 4.47 Å². The van der Waals surface area contributed by atoms with Gasteiger partial charge >= 0.3 is 10.2 Å². The van der Waals surface area contributed by atoms with Crippen molar-refractivity contribution in [2.45, 2.75) is 10.5 Å². The van der Waals surface area contributed by atoms with Crippen LogP contribution in [0.1, 0.15) is 11.2 Å². The molecular weight excluding hydrogens is 311 g/mol. The van der Waals surface area contributed by atoms with Crippen LogP contribution in [-0.2, 0) is 19.7 Å². The van der Waals surface area contributed by atoms with Crippen LogP contribution in [0, 0.1) is 0 Å². The number of rotatable bonds is 2. The number of thiophene rings is 1. The van der Waals surface area contributed by atoms with Crippen molar-refractivity contribution in [2.24, 2.45) is 0 Å². The number of halogens is 2. The van der Waals surface area contributed by atoms with Crippen LogP contribution in [0.2, 0.25) is 0 Å². The fourth-order valence-electron chi connectivity index (χ4n) is 1.15. The van der Waals surface area contributed by atoms with Gasteiger partial charge in [0.1, 0.15) is 0 Å². The Kier molecular flexibility index (Phi) is 3.13. The minimum atomic E-state index is -4.66. The predicted molar refractivity (Wildman–Crippen MR) is 55.0 cm³/mol. The molecule has 15 heavy (non-hydrogen) atoms. The smallest absolute Gasteiger partial charge is 0.341 e. The lowest BCUT2D eigenvalue weighted by atomic mass is 10.4. The van der Waals surface area contributed by atoms with E-state index < -0.39 is 16.5 Å². The van der Waals surface area contributed by atoms with Crippen molar-refractivity contribution in [3.63, 3.8) is 0 Å². The number of hydrogen-bond acceptors (Lipinski definition) is 5. The highest BCUT2D eigenvalue weighted by Gasteiger charge is 2.26. The highest BCUT2D eigenvalue weighted by atomic mass is 79.9. The first kappa shape index (κ1) is 11.5. The predicted octanol–water partition coefficient (Wildman–Crippen LogP) is 2.21. The van der Waals surface area contributed by atoms with Crippen LogP contribution in [0.5, 0.6) is 0 Å². The third-order valence-electron chi connectivity index (χ3n) is 1.77. The molecular formula is C7H6BrFO4S2. The van der Waals surface area contributed by atoms with Gasteiger partial charge in [0.2, 0.25) is 0 Å². The monoisotopic (exact) mass is 316 g/mol. The molecule has 84 valence electrons. The van der Waals surface area contributed by atoms with Crippen LogP contribution in [0.3, 0.4) is 0 Å². The second-order valence-electron chi connectivity index (χ2n) is 2.79. The third-order valence-corrected chi connectivity index (χ3v) is 5.08. The van der Waals surface area contributed by atoms with E-state index in [1.807, 2.05) is 0 Å². The van der Waals surface area contributed by atoms with Crippen molar-refractivity contribution in [1.29, 1.82) is 0 Å². The Morgan fingerprint density at radius 2 is 2.07 bits per heavy atom. The van der Waals surface area contributed by atoms with Crippen molar-refractivity contribution in [3.8, 4) is 0 Å². The van der Waals surface area contributed by atoms with Gasteiger partial charge in [0.25, 0.3) is 0 Å². The van der Waals surface area contributed by atoms with Crippen LogP contribution in [0.4, 0.5) is 3.89 Å². The van der Waals surface area contributed by atoms with E-state index >= 15 is 0 Å². The van der Waals surface area contributed by atoms with E-state index in [0.29, 0.717) is 22.6 Å². The molecule has 1 aliphatic rings. The lowest BCUT2D eigenvalue weighted by molar-refractivity contribution is -0.0418. The highest BCUT2D eigenvalue weighted by Crippen LogP contribution is 2.38. The molecule has 1 aromatic heterocycles. The molecule has 2 heterocycles. The minimum Gasteiger partial charge on any atom is -0.345 e. The van der Waals surface area contributed by atoms with Crippen LogP contribution in [0.25, 0.3) is 0 Å². The van der Waals surface area contributed by atoms with Crippen LogP contribution >= 0.6 is 27.3 Å². The topological polar surface area (TPSA) is 52.6 Å². The zero-order valence-electron chi connectivity index (χ0n) is 7.27. The molecule has 0 bridgehead atoms. The summed E-state index contributed by atoms with van der Waals surface area (Å²) in [5, 5.41) is 0. The summed E-state index contributed by atoms with van der Waals surface area (Å²) in [4.78, 5) is 0.531. The lowest BCUT2D eigenvalue weighted by Gasteiger charge is -2.05.